The van der Waals surface area contributed by atoms with E-state index in [1.165, 1.54) is 20.3 Å². The number of benzene rings is 2. The number of hydrogen-bond acceptors (Lipinski definition) is 8. The number of methoxy groups -OCH3 is 2. The molecule has 3 N–H and O–H groups in total. The largest absolute Gasteiger partial charge is 0.466 e. The second-order valence-corrected chi connectivity index (χ2v) is 10.5. The number of hydrogen-bond donors (Lipinski definition) is 3. The number of aliphatic hydroxyl groups is 1. The number of amides is 2. The van der Waals surface area contributed by atoms with Crippen LogP contribution in [0.5, 0.6) is 0 Å². The quantitative estimate of drug-likeness (QED) is 0.0670. The maximum atomic E-state index is 11.4. The van der Waals surface area contributed by atoms with Crippen molar-refractivity contribution in [3.8, 4) is 0 Å². The molecule has 2 aromatic rings. The fraction of sp³-hybridized carbons (Fsp3) is 0.368. The smallest absolute Gasteiger partial charge is 0.330 e. The summed E-state index contributed by atoms with van der Waals surface area (Å²) in [6, 6.07) is 16.1. The normalized spacial score (nSPS) is 10.2. The van der Waals surface area contributed by atoms with E-state index < -0.39 is 11.9 Å². The number of alkyl halides is 1. The number of aliphatic hydroxyl groups excluding tert-OH is 1. The van der Waals surface area contributed by atoms with Crippen molar-refractivity contribution in [1.29, 1.82) is 0 Å². The monoisotopic (exact) mass is 698 g/mol. The number of rotatable bonds is 20. The van der Waals surface area contributed by atoms with Crippen molar-refractivity contribution in [1.82, 2.24) is 10.6 Å². The standard InChI is InChI=1S/C19H25NO4.C10H17NO4.C9H9Cl/c1-3-16-7-9-17(10-8-16)15-24-14-6-4-5-13-20-18(21)11-12-19(22)23-2;1-15-10(14)6-5-9(13)11-7-3-2-4-8-12;1-2-8-3-5-9(7-10)6-4-8/h3,7-12H,1,4-6,13-15H2,2H3,(H,20,21);5-6,12H,2-4,7-8H2,1H3,(H,11,13);2-6H,1,7H2/b12-11-;6-5-;. The molecule has 0 atom stereocenters. The number of nitrogens with one attached hydrogen (secondary N) is 2. The van der Waals surface area contributed by atoms with Crippen LogP contribution in [0.1, 0.15) is 60.8 Å². The predicted octanol–water partition coefficient (Wildman–Crippen LogP) is 5.92. The number of unbranched alkanes of at least 4 members (excludes halogenated alkanes) is 4. The van der Waals surface area contributed by atoms with Gasteiger partial charge in [-0.15, -0.1) is 11.6 Å². The molecule has 0 fully saturated rings. The maximum absolute atomic E-state index is 11.4. The molecule has 0 unspecified atom stereocenters. The van der Waals surface area contributed by atoms with E-state index >= 15 is 0 Å². The van der Waals surface area contributed by atoms with Crippen molar-refractivity contribution < 1.29 is 38.5 Å². The van der Waals surface area contributed by atoms with Crippen LogP contribution < -0.4 is 10.6 Å². The van der Waals surface area contributed by atoms with Gasteiger partial charge in [-0.2, -0.15) is 0 Å². The highest BCUT2D eigenvalue weighted by molar-refractivity contribution is 6.17. The molecule has 0 aliphatic carbocycles. The fourth-order valence-electron chi connectivity index (χ4n) is 3.57. The summed E-state index contributed by atoms with van der Waals surface area (Å²) in [5, 5.41) is 13.8. The Bertz CT molecular complexity index is 1290. The third-order valence-corrected chi connectivity index (χ3v) is 6.71. The van der Waals surface area contributed by atoms with E-state index in [1.54, 1.807) is 0 Å². The van der Waals surface area contributed by atoms with Gasteiger partial charge in [0.15, 0.2) is 0 Å². The van der Waals surface area contributed by atoms with Crippen LogP contribution in [0.4, 0.5) is 0 Å². The number of carbonyl (C=O) groups is 4. The van der Waals surface area contributed by atoms with E-state index in [0.29, 0.717) is 32.2 Å². The van der Waals surface area contributed by atoms with Gasteiger partial charge in [0, 0.05) is 56.5 Å². The van der Waals surface area contributed by atoms with E-state index in [2.05, 4.69) is 33.3 Å². The lowest BCUT2D eigenvalue weighted by Gasteiger charge is -2.05. The van der Waals surface area contributed by atoms with E-state index in [-0.39, 0.29) is 18.4 Å². The summed E-state index contributed by atoms with van der Waals surface area (Å²) in [5.41, 5.74) is 4.52. The third-order valence-electron chi connectivity index (χ3n) is 6.40. The van der Waals surface area contributed by atoms with Gasteiger partial charge < -0.3 is 30.0 Å². The summed E-state index contributed by atoms with van der Waals surface area (Å²) in [6.07, 6.45) is 13.3. The van der Waals surface area contributed by atoms with E-state index in [0.717, 1.165) is 79.0 Å². The molecular weight excluding hydrogens is 648 g/mol. The van der Waals surface area contributed by atoms with Crippen LogP contribution in [0.25, 0.3) is 12.2 Å². The molecule has 10 nitrogen and oxygen atoms in total. The lowest BCUT2D eigenvalue weighted by molar-refractivity contribution is -0.135. The molecule has 268 valence electrons. The van der Waals surface area contributed by atoms with Gasteiger partial charge in [-0.3, -0.25) is 9.59 Å². The second-order valence-electron chi connectivity index (χ2n) is 10.2. The van der Waals surface area contributed by atoms with Crippen molar-refractivity contribution in [3.05, 3.63) is 108 Å². The molecule has 0 saturated heterocycles. The average Bonchev–Trinajstić information content (AvgIpc) is 3.14. The first-order chi connectivity index (χ1) is 23.7. The zero-order valence-corrected chi connectivity index (χ0v) is 29.4. The molecule has 0 saturated carbocycles. The maximum Gasteiger partial charge on any atom is 0.330 e. The summed E-state index contributed by atoms with van der Waals surface area (Å²) < 4.78 is 14.3. The van der Waals surface area contributed by atoms with Crippen molar-refractivity contribution in [3.63, 3.8) is 0 Å². The van der Waals surface area contributed by atoms with Crippen LogP contribution in [0.15, 0.2) is 86.0 Å². The van der Waals surface area contributed by atoms with Gasteiger partial charge in [0.1, 0.15) is 0 Å². The highest BCUT2D eigenvalue weighted by Gasteiger charge is 1.99. The average molecular weight is 699 g/mol. The molecule has 11 heteroatoms. The van der Waals surface area contributed by atoms with Crippen LogP contribution in [-0.4, -0.2) is 69.4 Å². The summed E-state index contributed by atoms with van der Waals surface area (Å²) in [5.74, 6) is -1.12. The van der Waals surface area contributed by atoms with Gasteiger partial charge in [-0.25, -0.2) is 9.59 Å². The van der Waals surface area contributed by atoms with Crippen molar-refractivity contribution >= 4 is 47.5 Å². The number of halogens is 1. The molecule has 0 radical (unpaired) electrons. The minimum atomic E-state index is -0.551. The Morgan fingerprint density at radius 3 is 1.53 bits per heavy atom. The van der Waals surface area contributed by atoms with Crippen molar-refractivity contribution in [2.75, 3.05) is 40.5 Å². The summed E-state index contributed by atoms with van der Waals surface area (Å²) in [7, 11) is 2.52. The number of esters is 2. The second kappa shape index (κ2) is 30.8. The summed E-state index contributed by atoms with van der Waals surface area (Å²) in [6.45, 7) is 9.97. The Kier molecular flexibility index (Phi) is 28.0. The fourth-order valence-corrected chi connectivity index (χ4v) is 3.74. The van der Waals surface area contributed by atoms with Gasteiger partial charge >= 0.3 is 11.9 Å². The molecule has 0 heterocycles. The van der Waals surface area contributed by atoms with Crippen LogP contribution in [0.3, 0.4) is 0 Å². The van der Waals surface area contributed by atoms with E-state index in [9.17, 15) is 19.2 Å². The third kappa shape index (κ3) is 26.2. The van der Waals surface area contributed by atoms with Crippen molar-refractivity contribution in [2.24, 2.45) is 0 Å². The topological polar surface area (TPSA) is 140 Å². The summed E-state index contributed by atoms with van der Waals surface area (Å²) >= 11 is 5.60. The zero-order chi connectivity index (χ0) is 36.5. The highest BCUT2D eigenvalue weighted by atomic mass is 35.5. The summed E-state index contributed by atoms with van der Waals surface area (Å²) in [4.78, 5) is 43.8. The van der Waals surface area contributed by atoms with E-state index in [1.807, 2.05) is 60.7 Å². The molecule has 49 heavy (non-hydrogen) atoms. The molecule has 2 amide bonds. The zero-order valence-electron chi connectivity index (χ0n) is 28.7. The number of ether oxygens (including phenoxy) is 3. The Morgan fingerprint density at radius 2 is 1.12 bits per heavy atom. The van der Waals surface area contributed by atoms with Gasteiger partial charge in [-0.1, -0.05) is 73.8 Å². The lowest BCUT2D eigenvalue weighted by Crippen LogP contribution is -2.22. The van der Waals surface area contributed by atoms with Gasteiger partial charge in [0.25, 0.3) is 0 Å². The SMILES string of the molecule is C=Cc1ccc(CCl)cc1.C=Cc1ccc(COCCCCCNC(=O)/C=C\C(=O)OC)cc1.COC(=O)/C=C\C(=O)NCCCCCO. The molecule has 0 aliphatic rings. The first-order valence-electron chi connectivity index (χ1n) is 16.0. The minimum absolute atomic E-state index is 0.177. The highest BCUT2D eigenvalue weighted by Crippen LogP contribution is 2.08. The Balaban J connectivity index is 0.000000782. The molecule has 0 aliphatic heterocycles. The molecule has 0 aromatic heterocycles. The molecular formula is C38H51ClN2O8. The van der Waals surface area contributed by atoms with Crippen LogP contribution in [0, 0.1) is 0 Å². The van der Waals surface area contributed by atoms with Crippen LogP contribution >= 0.6 is 11.6 Å². The Hall–Kier alpha value is -4.51. The van der Waals surface area contributed by atoms with Crippen LogP contribution in [0.2, 0.25) is 0 Å². The molecule has 0 bridgehead atoms. The first-order valence-corrected chi connectivity index (χ1v) is 16.5. The Morgan fingerprint density at radius 1 is 0.673 bits per heavy atom. The minimum Gasteiger partial charge on any atom is -0.466 e. The van der Waals surface area contributed by atoms with E-state index in [4.69, 9.17) is 21.4 Å². The molecule has 0 spiro atoms. The first kappa shape index (κ1) is 44.5. The van der Waals surface area contributed by atoms with Gasteiger partial charge in [0.2, 0.25) is 11.8 Å². The lowest BCUT2D eigenvalue weighted by atomic mass is 10.1. The Labute approximate surface area is 295 Å². The molecule has 2 rings (SSSR count). The number of carbonyl (C=O) groups excluding carboxylic acids is 4. The predicted molar refractivity (Wildman–Crippen MR) is 195 cm³/mol. The molecule has 2 aromatic carbocycles. The van der Waals surface area contributed by atoms with Crippen LogP contribution in [-0.2, 0) is 45.9 Å². The van der Waals surface area contributed by atoms with Gasteiger partial charge in [-0.05, 0) is 60.8 Å². The van der Waals surface area contributed by atoms with Gasteiger partial charge in [0.05, 0.1) is 20.8 Å². The van der Waals surface area contributed by atoms with Crippen molar-refractivity contribution in [2.45, 2.75) is 51.0 Å².